The van der Waals surface area contributed by atoms with Crippen LogP contribution < -0.4 is 5.32 Å². The van der Waals surface area contributed by atoms with Gasteiger partial charge in [-0.15, -0.1) is 0 Å². The number of hydrogen-bond acceptors (Lipinski definition) is 3. The number of rotatable bonds is 4. The van der Waals surface area contributed by atoms with E-state index in [9.17, 15) is 0 Å². The molecule has 1 N–H and O–H groups in total. The van der Waals surface area contributed by atoms with Gasteiger partial charge in [-0.1, -0.05) is 24.6 Å². The van der Waals surface area contributed by atoms with Gasteiger partial charge in [-0.2, -0.15) is 0 Å². The number of hydrogen-bond donors (Lipinski definition) is 1. The van der Waals surface area contributed by atoms with E-state index in [0.29, 0.717) is 11.2 Å². The van der Waals surface area contributed by atoms with Gasteiger partial charge in [0.2, 0.25) is 0 Å². The van der Waals surface area contributed by atoms with E-state index in [1.54, 1.807) is 6.20 Å². The van der Waals surface area contributed by atoms with E-state index in [2.05, 4.69) is 28.2 Å². The second kappa shape index (κ2) is 5.78. The predicted octanol–water partition coefficient (Wildman–Crippen LogP) is 2.84. The van der Waals surface area contributed by atoms with Crippen molar-refractivity contribution >= 4 is 11.6 Å². The Hall–Kier alpha value is -0.640. The van der Waals surface area contributed by atoms with Crippen LogP contribution in [-0.4, -0.2) is 34.6 Å². The third-order valence-electron chi connectivity index (χ3n) is 4.58. The van der Waals surface area contributed by atoms with E-state index in [1.807, 2.05) is 6.07 Å². The normalized spacial score (nSPS) is 29.9. The van der Waals surface area contributed by atoms with Gasteiger partial charge >= 0.3 is 0 Å². The summed E-state index contributed by atoms with van der Waals surface area (Å²) in [5.41, 5.74) is 1.15. The SMILES string of the molecule is CCN(Cc1cccnc1Cl)C1CC2CCC(C1)N2. The fraction of sp³-hybridized carbons (Fsp3) is 0.667. The number of fused-ring (bicyclic) bond motifs is 2. The molecule has 2 unspecified atom stereocenters. The first-order valence-corrected chi connectivity index (χ1v) is 7.73. The molecule has 0 aromatic carbocycles. The van der Waals surface area contributed by atoms with Crippen molar-refractivity contribution in [2.45, 2.75) is 57.3 Å². The minimum atomic E-state index is 0.651. The van der Waals surface area contributed by atoms with Crippen molar-refractivity contribution in [3.05, 3.63) is 29.0 Å². The number of aromatic nitrogens is 1. The Labute approximate surface area is 120 Å². The maximum Gasteiger partial charge on any atom is 0.133 e. The van der Waals surface area contributed by atoms with Crippen molar-refractivity contribution < 1.29 is 0 Å². The average Bonchev–Trinajstić information content (AvgIpc) is 2.76. The lowest BCUT2D eigenvalue weighted by atomic mass is 9.97. The first kappa shape index (κ1) is 13.3. The van der Waals surface area contributed by atoms with Crippen molar-refractivity contribution in [2.75, 3.05) is 6.54 Å². The highest BCUT2D eigenvalue weighted by atomic mass is 35.5. The molecular formula is C15H22ClN3. The highest BCUT2D eigenvalue weighted by Crippen LogP contribution is 2.30. The van der Waals surface area contributed by atoms with Gasteiger partial charge < -0.3 is 5.32 Å². The third kappa shape index (κ3) is 2.93. The molecule has 3 rings (SSSR count). The molecule has 0 spiro atoms. The molecule has 2 saturated heterocycles. The van der Waals surface area contributed by atoms with Crippen molar-refractivity contribution in [1.82, 2.24) is 15.2 Å². The Morgan fingerprint density at radius 2 is 2.11 bits per heavy atom. The second-order valence-electron chi connectivity index (χ2n) is 5.78. The van der Waals surface area contributed by atoms with Gasteiger partial charge in [-0.05, 0) is 38.3 Å². The van der Waals surface area contributed by atoms with Crippen LogP contribution >= 0.6 is 11.6 Å². The van der Waals surface area contributed by atoms with Crippen LogP contribution in [0.15, 0.2) is 18.3 Å². The molecule has 3 heterocycles. The molecule has 3 nitrogen and oxygen atoms in total. The Bertz CT molecular complexity index is 425. The van der Waals surface area contributed by atoms with Gasteiger partial charge in [0, 0.05) is 36.4 Å². The van der Waals surface area contributed by atoms with Crippen LogP contribution in [0.25, 0.3) is 0 Å². The molecule has 1 aromatic rings. The molecule has 2 aliphatic rings. The molecule has 0 aliphatic carbocycles. The van der Waals surface area contributed by atoms with E-state index >= 15 is 0 Å². The van der Waals surface area contributed by atoms with Gasteiger partial charge in [0.25, 0.3) is 0 Å². The quantitative estimate of drug-likeness (QED) is 0.859. The topological polar surface area (TPSA) is 28.2 Å². The molecular weight excluding hydrogens is 258 g/mol. The smallest absolute Gasteiger partial charge is 0.133 e. The van der Waals surface area contributed by atoms with Gasteiger partial charge in [0.15, 0.2) is 0 Å². The zero-order valence-corrected chi connectivity index (χ0v) is 12.2. The summed E-state index contributed by atoms with van der Waals surface area (Å²) in [7, 11) is 0. The summed E-state index contributed by atoms with van der Waals surface area (Å²) < 4.78 is 0. The van der Waals surface area contributed by atoms with Crippen LogP contribution in [0.4, 0.5) is 0 Å². The fourth-order valence-corrected chi connectivity index (χ4v) is 3.76. The van der Waals surface area contributed by atoms with Gasteiger partial charge in [0.1, 0.15) is 5.15 Å². The largest absolute Gasteiger partial charge is 0.311 e. The maximum atomic E-state index is 6.18. The van der Waals surface area contributed by atoms with Crippen LogP contribution in [0.2, 0.25) is 5.15 Å². The van der Waals surface area contributed by atoms with Crippen molar-refractivity contribution in [3.63, 3.8) is 0 Å². The number of nitrogens with one attached hydrogen (secondary N) is 1. The highest BCUT2D eigenvalue weighted by Gasteiger charge is 2.35. The molecule has 2 atom stereocenters. The lowest BCUT2D eigenvalue weighted by Gasteiger charge is -2.37. The van der Waals surface area contributed by atoms with E-state index in [1.165, 1.54) is 25.7 Å². The monoisotopic (exact) mass is 279 g/mol. The summed E-state index contributed by atoms with van der Waals surface area (Å²) in [5.74, 6) is 0. The number of halogens is 1. The second-order valence-corrected chi connectivity index (χ2v) is 6.14. The summed E-state index contributed by atoms with van der Waals surface area (Å²) in [4.78, 5) is 6.74. The molecule has 2 fully saturated rings. The van der Waals surface area contributed by atoms with Gasteiger partial charge in [0.05, 0.1) is 0 Å². The highest BCUT2D eigenvalue weighted by molar-refractivity contribution is 6.30. The standard InChI is InChI=1S/C15H22ClN3/c1-2-19(10-11-4-3-7-17-15(11)16)14-8-12-5-6-13(9-14)18-12/h3-4,7,12-14,18H,2,5-6,8-10H2,1H3. The number of pyridine rings is 1. The number of piperidine rings is 1. The zero-order valence-electron chi connectivity index (χ0n) is 11.5. The average molecular weight is 280 g/mol. The van der Waals surface area contributed by atoms with E-state index in [4.69, 9.17) is 11.6 Å². The van der Waals surface area contributed by atoms with Gasteiger partial charge in [-0.25, -0.2) is 4.98 Å². The first-order chi connectivity index (χ1) is 9.26. The molecule has 104 valence electrons. The minimum Gasteiger partial charge on any atom is -0.311 e. The third-order valence-corrected chi connectivity index (χ3v) is 4.92. The molecule has 0 amide bonds. The summed E-state index contributed by atoms with van der Waals surface area (Å²) in [6, 6.07) is 6.24. The fourth-order valence-electron chi connectivity index (χ4n) is 3.58. The molecule has 2 bridgehead atoms. The zero-order chi connectivity index (χ0) is 13.2. The lowest BCUT2D eigenvalue weighted by Crippen LogP contribution is -2.47. The maximum absolute atomic E-state index is 6.18. The minimum absolute atomic E-state index is 0.651. The lowest BCUT2D eigenvalue weighted by molar-refractivity contribution is 0.140. The van der Waals surface area contributed by atoms with E-state index in [0.717, 1.165) is 30.7 Å². The summed E-state index contributed by atoms with van der Waals surface area (Å²) >= 11 is 6.18. The van der Waals surface area contributed by atoms with Gasteiger partial charge in [-0.3, -0.25) is 4.90 Å². The van der Waals surface area contributed by atoms with Crippen LogP contribution in [0.3, 0.4) is 0 Å². The summed E-state index contributed by atoms with van der Waals surface area (Å²) in [5, 5.41) is 4.36. The molecule has 1 aromatic heterocycles. The van der Waals surface area contributed by atoms with Crippen LogP contribution in [0.5, 0.6) is 0 Å². The molecule has 2 aliphatic heterocycles. The van der Waals surface area contributed by atoms with Crippen LogP contribution in [0.1, 0.15) is 38.2 Å². The first-order valence-electron chi connectivity index (χ1n) is 7.35. The van der Waals surface area contributed by atoms with E-state index < -0.39 is 0 Å². The molecule has 19 heavy (non-hydrogen) atoms. The molecule has 0 radical (unpaired) electrons. The number of nitrogens with zero attached hydrogens (tertiary/aromatic N) is 2. The van der Waals surface area contributed by atoms with E-state index in [-0.39, 0.29) is 0 Å². The van der Waals surface area contributed by atoms with Crippen LogP contribution in [0, 0.1) is 0 Å². The Morgan fingerprint density at radius 1 is 1.37 bits per heavy atom. The Morgan fingerprint density at radius 3 is 2.74 bits per heavy atom. The Kier molecular flexibility index (Phi) is 4.06. The predicted molar refractivity (Wildman–Crippen MR) is 78.3 cm³/mol. The van der Waals surface area contributed by atoms with Crippen LogP contribution in [-0.2, 0) is 6.54 Å². The van der Waals surface area contributed by atoms with Crippen molar-refractivity contribution in [1.29, 1.82) is 0 Å². The summed E-state index contributed by atoms with van der Waals surface area (Å²) in [6.07, 6.45) is 7.02. The molecule has 4 heteroatoms. The van der Waals surface area contributed by atoms with Crippen molar-refractivity contribution in [3.8, 4) is 0 Å². The Balaban J connectivity index is 1.69. The van der Waals surface area contributed by atoms with Crippen molar-refractivity contribution in [2.24, 2.45) is 0 Å². The summed E-state index contributed by atoms with van der Waals surface area (Å²) in [6.45, 7) is 4.25. The molecule has 0 saturated carbocycles.